The van der Waals surface area contributed by atoms with E-state index in [1.807, 2.05) is 13.8 Å². The molecule has 5 heteroatoms. The van der Waals surface area contributed by atoms with E-state index in [1.165, 1.54) is 11.3 Å². The van der Waals surface area contributed by atoms with Crippen molar-refractivity contribution in [3.8, 4) is 0 Å². The van der Waals surface area contributed by atoms with Crippen molar-refractivity contribution < 1.29 is 9.90 Å². The van der Waals surface area contributed by atoms with Crippen molar-refractivity contribution in [3.05, 3.63) is 14.5 Å². The molecule has 0 saturated carbocycles. The molecule has 72 valence electrons. The summed E-state index contributed by atoms with van der Waals surface area (Å²) in [6.45, 7) is 3.72. The van der Waals surface area contributed by atoms with Gasteiger partial charge in [0.1, 0.15) is 0 Å². The molecule has 1 atom stereocenters. The standard InChI is InChI=1S/C8H11NO2S2/c1-3-5(7(10)11)6-4(2)9-8(12)13-6/h5H,3H2,1-2H3,(H,9,12)(H,10,11). The topological polar surface area (TPSA) is 53.1 Å². The molecule has 0 amide bonds. The van der Waals surface area contributed by atoms with Crippen molar-refractivity contribution in [2.45, 2.75) is 26.2 Å². The average Bonchev–Trinajstić information content (AvgIpc) is 2.31. The van der Waals surface area contributed by atoms with Gasteiger partial charge in [-0.3, -0.25) is 4.79 Å². The number of hydrogen-bond donors (Lipinski definition) is 2. The van der Waals surface area contributed by atoms with E-state index in [0.29, 0.717) is 10.4 Å². The second-order valence-electron chi connectivity index (χ2n) is 2.80. The first kappa shape index (κ1) is 10.4. The third-order valence-corrected chi connectivity index (χ3v) is 3.33. The summed E-state index contributed by atoms with van der Waals surface area (Å²) in [4.78, 5) is 14.6. The van der Waals surface area contributed by atoms with E-state index in [9.17, 15) is 4.79 Å². The van der Waals surface area contributed by atoms with Gasteiger partial charge in [-0.1, -0.05) is 6.92 Å². The number of carbonyl (C=O) groups is 1. The number of H-pyrrole nitrogens is 1. The molecule has 0 fully saturated rings. The molecule has 0 radical (unpaired) electrons. The first-order valence-corrected chi connectivity index (χ1v) is 5.21. The Morgan fingerprint density at radius 1 is 1.77 bits per heavy atom. The summed E-state index contributed by atoms with van der Waals surface area (Å²) >= 11 is 6.30. The third kappa shape index (κ3) is 2.16. The summed E-state index contributed by atoms with van der Waals surface area (Å²) in [6.07, 6.45) is 0.597. The van der Waals surface area contributed by atoms with Gasteiger partial charge >= 0.3 is 5.97 Å². The summed E-state index contributed by atoms with van der Waals surface area (Å²) in [5.41, 5.74) is 0.879. The van der Waals surface area contributed by atoms with Crippen molar-refractivity contribution in [2.24, 2.45) is 0 Å². The quantitative estimate of drug-likeness (QED) is 0.765. The molecule has 13 heavy (non-hydrogen) atoms. The molecule has 1 heterocycles. The number of aromatic nitrogens is 1. The van der Waals surface area contributed by atoms with E-state index in [2.05, 4.69) is 4.98 Å². The van der Waals surface area contributed by atoms with Crippen molar-refractivity contribution in [1.29, 1.82) is 0 Å². The summed E-state index contributed by atoms with van der Waals surface area (Å²) in [5.74, 6) is -1.20. The number of nitrogens with one attached hydrogen (secondary N) is 1. The van der Waals surface area contributed by atoms with Crippen LogP contribution >= 0.6 is 23.6 Å². The van der Waals surface area contributed by atoms with Crippen LogP contribution in [0.2, 0.25) is 0 Å². The molecule has 0 aromatic carbocycles. The molecule has 0 aliphatic heterocycles. The SMILES string of the molecule is CCC(C(=O)O)c1sc(=S)[nH]c1C. The lowest BCUT2D eigenvalue weighted by Gasteiger charge is -2.06. The van der Waals surface area contributed by atoms with Gasteiger partial charge in [0, 0.05) is 10.6 Å². The van der Waals surface area contributed by atoms with Crippen LogP contribution in [0.3, 0.4) is 0 Å². The van der Waals surface area contributed by atoms with Crippen molar-refractivity contribution >= 4 is 29.5 Å². The molecule has 0 saturated heterocycles. The second-order valence-corrected chi connectivity index (χ2v) is 4.52. The van der Waals surface area contributed by atoms with Gasteiger partial charge < -0.3 is 10.1 Å². The summed E-state index contributed by atoms with van der Waals surface area (Å²) in [7, 11) is 0. The maximum atomic E-state index is 10.9. The Morgan fingerprint density at radius 2 is 2.38 bits per heavy atom. The van der Waals surface area contributed by atoms with Crippen LogP contribution in [0.5, 0.6) is 0 Å². The van der Waals surface area contributed by atoms with Gasteiger partial charge in [0.15, 0.2) is 3.95 Å². The molecular weight excluding hydrogens is 206 g/mol. The molecular formula is C8H11NO2S2. The van der Waals surface area contributed by atoms with Gasteiger partial charge in [0.05, 0.1) is 5.92 Å². The van der Waals surface area contributed by atoms with Crippen LogP contribution in [-0.2, 0) is 4.79 Å². The molecule has 1 rings (SSSR count). The molecule has 0 aliphatic rings. The molecule has 1 aromatic rings. The van der Waals surface area contributed by atoms with Crippen molar-refractivity contribution in [1.82, 2.24) is 4.98 Å². The van der Waals surface area contributed by atoms with Crippen molar-refractivity contribution in [3.63, 3.8) is 0 Å². The maximum Gasteiger partial charge on any atom is 0.311 e. The second kappa shape index (κ2) is 4.02. The fourth-order valence-electron chi connectivity index (χ4n) is 1.22. The van der Waals surface area contributed by atoms with E-state index in [-0.39, 0.29) is 0 Å². The van der Waals surface area contributed by atoms with Crippen molar-refractivity contribution in [2.75, 3.05) is 0 Å². The van der Waals surface area contributed by atoms with Gasteiger partial charge in [0.25, 0.3) is 0 Å². The minimum absolute atomic E-state index is 0.419. The Hall–Kier alpha value is -0.680. The third-order valence-electron chi connectivity index (χ3n) is 1.88. The number of aromatic amines is 1. The van der Waals surface area contributed by atoms with Crippen LogP contribution in [0.25, 0.3) is 0 Å². The highest BCUT2D eigenvalue weighted by Crippen LogP contribution is 2.27. The van der Waals surface area contributed by atoms with Crippen LogP contribution in [0.15, 0.2) is 0 Å². The monoisotopic (exact) mass is 217 g/mol. The predicted octanol–water partition coefficient (Wildman–Crippen LogP) is 2.69. The number of hydrogen-bond acceptors (Lipinski definition) is 3. The summed E-state index contributed by atoms with van der Waals surface area (Å²) in [6, 6.07) is 0. The largest absolute Gasteiger partial charge is 0.481 e. The molecule has 0 spiro atoms. The van der Waals surface area contributed by atoms with Crippen LogP contribution in [0, 0.1) is 10.9 Å². The number of aryl methyl sites for hydroxylation is 1. The van der Waals surface area contributed by atoms with Crippen LogP contribution in [0.1, 0.15) is 29.8 Å². The normalized spacial score (nSPS) is 12.8. The summed E-state index contributed by atoms with van der Waals surface area (Å²) in [5, 5.41) is 8.92. The Kier molecular flexibility index (Phi) is 3.22. The maximum absolute atomic E-state index is 10.9. The van der Waals surface area contributed by atoms with Gasteiger partial charge in [-0.25, -0.2) is 0 Å². The average molecular weight is 217 g/mol. The van der Waals surface area contributed by atoms with E-state index in [4.69, 9.17) is 17.3 Å². The minimum Gasteiger partial charge on any atom is -0.481 e. The lowest BCUT2D eigenvalue weighted by molar-refractivity contribution is -0.138. The fraction of sp³-hybridized carbons (Fsp3) is 0.500. The molecule has 3 nitrogen and oxygen atoms in total. The Morgan fingerprint density at radius 3 is 2.69 bits per heavy atom. The van der Waals surface area contributed by atoms with E-state index >= 15 is 0 Å². The van der Waals surface area contributed by atoms with E-state index < -0.39 is 11.9 Å². The predicted molar refractivity (Wildman–Crippen MR) is 54.9 cm³/mol. The number of carboxylic acids is 1. The smallest absolute Gasteiger partial charge is 0.311 e. The molecule has 0 aliphatic carbocycles. The first-order valence-electron chi connectivity index (χ1n) is 3.98. The number of rotatable bonds is 3. The van der Waals surface area contributed by atoms with Gasteiger partial charge in [0.2, 0.25) is 0 Å². The number of carboxylic acid groups (broad SMARTS) is 1. The van der Waals surface area contributed by atoms with E-state index in [0.717, 1.165) is 10.6 Å². The Balaban J connectivity index is 3.11. The molecule has 1 unspecified atom stereocenters. The minimum atomic E-state index is -0.782. The zero-order valence-corrected chi connectivity index (χ0v) is 9.09. The lowest BCUT2D eigenvalue weighted by Crippen LogP contribution is -2.09. The van der Waals surface area contributed by atoms with Crippen LogP contribution < -0.4 is 0 Å². The van der Waals surface area contributed by atoms with E-state index in [1.54, 1.807) is 0 Å². The lowest BCUT2D eigenvalue weighted by atomic mass is 10.0. The molecule has 0 bridgehead atoms. The van der Waals surface area contributed by atoms with Gasteiger partial charge in [-0.2, -0.15) is 0 Å². The number of thiazole rings is 1. The molecule has 1 aromatic heterocycles. The summed E-state index contributed by atoms with van der Waals surface area (Å²) < 4.78 is 0.646. The molecule has 2 N–H and O–H groups in total. The highest BCUT2D eigenvalue weighted by atomic mass is 32.1. The first-order chi connectivity index (χ1) is 6.06. The van der Waals surface area contributed by atoms with Gasteiger partial charge in [-0.05, 0) is 25.6 Å². The van der Waals surface area contributed by atoms with Crippen LogP contribution in [-0.4, -0.2) is 16.1 Å². The number of aliphatic carboxylic acids is 1. The highest BCUT2D eigenvalue weighted by molar-refractivity contribution is 7.73. The van der Waals surface area contributed by atoms with Crippen LogP contribution in [0.4, 0.5) is 0 Å². The Labute approximate surface area is 85.4 Å². The zero-order valence-electron chi connectivity index (χ0n) is 7.46. The highest BCUT2D eigenvalue weighted by Gasteiger charge is 2.21. The van der Waals surface area contributed by atoms with Gasteiger partial charge in [-0.15, -0.1) is 11.3 Å². The zero-order chi connectivity index (χ0) is 10.0. The Bertz CT molecular complexity index is 366. The fourth-order valence-corrected chi connectivity index (χ4v) is 2.66.